The van der Waals surface area contributed by atoms with Crippen LogP contribution < -0.4 is 14.9 Å². The van der Waals surface area contributed by atoms with Crippen LogP contribution in [0.1, 0.15) is 5.76 Å². The van der Waals surface area contributed by atoms with E-state index in [9.17, 15) is 4.79 Å². The van der Waals surface area contributed by atoms with Crippen molar-refractivity contribution in [1.29, 1.82) is 0 Å². The monoisotopic (exact) mass is 618 g/mol. The van der Waals surface area contributed by atoms with E-state index in [1.165, 1.54) is 6.21 Å². The molecular weight excluding hydrogens is 607 g/mol. The summed E-state index contributed by atoms with van der Waals surface area (Å²) in [5.41, 5.74) is 3.19. The lowest BCUT2D eigenvalue weighted by Gasteiger charge is -2.09. The Hall–Kier alpha value is -1.81. The van der Waals surface area contributed by atoms with Gasteiger partial charge in [-0.15, -0.1) is 0 Å². The molecule has 0 atom stereocenters. The molecule has 3 aromatic rings. The minimum Gasteiger partial charge on any atom is -0.495 e. The number of hydrogen-bond donors (Lipinski definition) is 1. The summed E-state index contributed by atoms with van der Waals surface area (Å²) in [5, 5.41) is 4.37. The molecule has 0 spiro atoms. The molecule has 1 heterocycles. The number of methoxy groups -OCH3 is 1. The van der Waals surface area contributed by atoms with Gasteiger partial charge in [-0.05, 0) is 74.3 Å². The Morgan fingerprint density at radius 2 is 1.90 bits per heavy atom. The molecule has 2 aromatic carbocycles. The summed E-state index contributed by atoms with van der Waals surface area (Å²) < 4.78 is 18.7. The van der Waals surface area contributed by atoms with E-state index in [2.05, 4.69) is 58.3 Å². The summed E-state index contributed by atoms with van der Waals surface area (Å²) in [6, 6.07) is 12.5. The highest BCUT2D eigenvalue weighted by Gasteiger charge is 2.11. The van der Waals surface area contributed by atoms with Crippen molar-refractivity contribution in [1.82, 2.24) is 5.43 Å². The molecule has 0 aliphatic carbocycles. The van der Waals surface area contributed by atoms with Crippen LogP contribution in [0, 0.1) is 0 Å². The average molecular weight is 622 g/mol. The van der Waals surface area contributed by atoms with E-state index in [1.807, 2.05) is 18.2 Å². The zero-order valence-electron chi connectivity index (χ0n) is 15.4. The molecule has 1 amide bonds. The fourth-order valence-corrected chi connectivity index (χ4v) is 5.15. The smallest absolute Gasteiger partial charge is 0.277 e. The van der Waals surface area contributed by atoms with Gasteiger partial charge in [0.25, 0.3) is 5.91 Å². The zero-order valence-corrected chi connectivity index (χ0v) is 20.9. The SMILES string of the molecule is COc1ccc(-c2ccc(/C=N\NC(=O)COc3c(Br)cc(Br)cc3Br)o2)cc1Cl. The lowest BCUT2D eigenvalue weighted by molar-refractivity contribution is -0.123. The topological polar surface area (TPSA) is 73.1 Å². The molecule has 0 bridgehead atoms. The van der Waals surface area contributed by atoms with E-state index in [1.54, 1.807) is 31.4 Å². The molecule has 1 aromatic heterocycles. The van der Waals surface area contributed by atoms with Gasteiger partial charge in [-0.2, -0.15) is 5.10 Å². The van der Waals surface area contributed by atoms with E-state index in [4.69, 9.17) is 25.5 Å². The molecule has 10 heteroatoms. The Labute approximate surface area is 203 Å². The van der Waals surface area contributed by atoms with Crippen LogP contribution in [-0.4, -0.2) is 25.8 Å². The molecule has 3 rings (SSSR count). The third kappa shape index (κ3) is 5.87. The summed E-state index contributed by atoms with van der Waals surface area (Å²) in [5.74, 6) is 1.77. The fourth-order valence-electron chi connectivity index (χ4n) is 2.40. The third-order valence-electron chi connectivity index (χ3n) is 3.75. The maximum absolute atomic E-state index is 12.0. The maximum atomic E-state index is 12.0. The lowest BCUT2D eigenvalue weighted by Crippen LogP contribution is -2.24. The van der Waals surface area contributed by atoms with Crippen molar-refractivity contribution in [3.63, 3.8) is 0 Å². The number of nitrogens with one attached hydrogen (secondary N) is 1. The third-order valence-corrected chi connectivity index (χ3v) is 5.69. The maximum Gasteiger partial charge on any atom is 0.277 e. The normalized spacial score (nSPS) is 11.0. The van der Waals surface area contributed by atoms with Crippen LogP contribution >= 0.6 is 59.4 Å². The molecule has 1 N–H and O–H groups in total. The summed E-state index contributed by atoms with van der Waals surface area (Å²) in [7, 11) is 1.55. The first-order valence-electron chi connectivity index (χ1n) is 8.40. The number of halogens is 4. The Bertz CT molecular complexity index is 1080. The number of hydrazone groups is 1. The first-order valence-corrected chi connectivity index (χ1v) is 11.2. The number of carbonyl (C=O) groups is 1. The van der Waals surface area contributed by atoms with Crippen molar-refractivity contribution in [2.24, 2.45) is 5.10 Å². The molecular formula is C20H14Br3ClN2O4. The van der Waals surface area contributed by atoms with Gasteiger partial charge in [0, 0.05) is 10.0 Å². The molecule has 0 unspecified atom stereocenters. The van der Waals surface area contributed by atoms with Crippen LogP contribution in [0.4, 0.5) is 0 Å². The molecule has 0 saturated carbocycles. The predicted molar refractivity (Wildman–Crippen MR) is 126 cm³/mol. The molecule has 0 aliphatic heterocycles. The second-order valence-electron chi connectivity index (χ2n) is 5.83. The quantitative estimate of drug-likeness (QED) is 0.244. The van der Waals surface area contributed by atoms with Gasteiger partial charge >= 0.3 is 0 Å². The predicted octanol–water partition coefficient (Wildman–Crippen LogP) is 6.43. The van der Waals surface area contributed by atoms with Crippen molar-refractivity contribution in [3.8, 4) is 22.8 Å². The fraction of sp³-hybridized carbons (Fsp3) is 0.100. The van der Waals surface area contributed by atoms with Crippen LogP contribution in [0.3, 0.4) is 0 Å². The van der Waals surface area contributed by atoms with Gasteiger partial charge in [-0.1, -0.05) is 27.5 Å². The molecule has 0 aliphatic rings. The molecule has 6 nitrogen and oxygen atoms in total. The molecule has 156 valence electrons. The molecule has 0 radical (unpaired) electrons. The largest absolute Gasteiger partial charge is 0.495 e. The summed E-state index contributed by atoms with van der Waals surface area (Å²) in [6.45, 7) is -0.204. The van der Waals surface area contributed by atoms with Gasteiger partial charge in [-0.3, -0.25) is 4.79 Å². The summed E-state index contributed by atoms with van der Waals surface area (Å²) in [6.07, 6.45) is 1.40. The first kappa shape index (κ1) is 22.9. The second kappa shape index (κ2) is 10.5. The van der Waals surface area contributed by atoms with Gasteiger partial charge in [0.05, 0.1) is 27.3 Å². The Morgan fingerprint density at radius 3 is 2.57 bits per heavy atom. The van der Waals surface area contributed by atoms with Crippen LogP contribution in [-0.2, 0) is 4.79 Å². The van der Waals surface area contributed by atoms with Gasteiger partial charge in [0.1, 0.15) is 23.0 Å². The van der Waals surface area contributed by atoms with Crippen LogP contribution in [0.2, 0.25) is 5.02 Å². The number of carbonyl (C=O) groups excluding carboxylic acids is 1. The Balaban J connectivity index is 1.56. The van der Waals surface area contributed by atoms with Gasteiger partial charge in [-0.25, -0.2) is 5.43 Å². The van der Waals surface area contributed by atoms with Crippen molar-refractivity contribution in [2.45, 2.75) is 0 Å². The standard InChI is InChI=1S/C20H14Br3ClN2O4/c1-28-18-4-2-11(6-16(18)24)17-5-3-13(30-17)9-25-26-19(27)10-29-20-14(22)7-12(21)8-15(20)23/h2-9H,10H2,1H3,(H,26,27)/b25-9-. The number of benzene rings is 2. The first-order chi connectivity index (χ1) is 14.4. The van der Waals surface area contributed by atoms with Crippen molar-refractivity contribution in [3.05, 3.63) is 66.7 Å². The zero-order chi connectivity index (χ0) is 21.7. The van der Waals surface area contributed by atoms with E-state index in [-0.39, 0.29) is 6.61 Å². The Kier molecular flexibility index (Phi) is 7.99. The number of ether oxygens (including phenoxy) is 2. The van der Waals surface area contributed by atoms with E-state index >= 15 is 0 Å². The van der Waals surface area contributed by atoms with E-state index in [0.717, 1.165) is 10.0 Å². The Morgan fingerprint density at radius 1 is 1.17 bits per heavy atom. The molecule has 30 heavy (non-hydrogen) atoms. The van der Waals surface area contributed by atoms with Gasteiger partial charge < -0.3 is 13.9 Å². The van der Waals surface area contributed by atoms with Gasteiger partial charge in [0.15, 0.2) is 6.61 Å². The number of amides is 1. The van der Waals surface area contributed by atoms with E-state index in [0.29, 0.717) is 37.0 Å². The minimum absolute atomic E-state index is 0.204. The highest BCUT2D eigenvalue weighted by molar-refractivity contribution is 9.11. The van der Waals surface area contributed by atoms with Crippen LogP contribution in [0.25, 0.3) is 11.3 Å². The number of nitrogens with zero attached hydrogens (tertiary/aromatic N) is 1. The highest BCUT2D eigenvalue weighted by atomic mass is 79.9. The van der Waals surface area contributed by atoms with Crippen LogP contribution in [0.15, 0.2) is 65.4 Å². The van der Waals surface area contributed by atoms with Crippen molar-refractivity contribution >= 4 is 71.5 Å². The van der Waals surface area contributed by atoms with Crippen molar-refractivity contribution in [2.75, 3.05) is 13.7 Å². The minimum atomic E-state index is -0.415. The van der Waals surface area contributed by atoms with Gasteiger partial charge in [0.2, 0.25) is 0 Å². The molecule has 0 fully saturated rings. The van der Waals surface area contributed by atoms with Crippen molar-refractivity contribution < 1.29 is 18.7 Å². The highest BCUT2D eigenvalue weighted by Crippen LogP contribution is 2.36. The van der Waals surface area contributed by atoms with Crippen LogP contribution in [0.5, 0.6) is 11.5 Å². The summed E-state index contributed by atoms with van der Waals surface area (Å²) >= 11 is 16.3. The summed E-state index contributed by atoms with van der Waals surface area (Å²) in [4.78, 5) is 12.0. The number of hydrogen-bond acceptors (Lipinski definition) is 5. The second-order valence-corrected chi connectivity index (χ2v) is 8.86. The van der Waals surface area contributed by atoms with E-state index < -0.39 is 5.91 Å². The average Bonchev–Trinajstić information content (AvgIpc) is 3.16. The lowest BCUT2D eigenvalue weighted by atomic mass is 10.2. The number of furan rings is 1. The molecule has 0 saturated heterocycles. The number of rotatable bonds is 7.